The molecule has 3 atom stereocenters. The molecule has 2 heterocycles. The second-order valence-corrected chi connectivity index (χ2v) is 7.02. The van der Waals surface area contributed by atoms with Crippen LogP contribution in [0.4, 0.5) is 13.2 Å². The molecule has 1 aromatic heterocycles. The first kappa shape index (κ1) is 21.5. The van der Waals surface area contributed by atoms with Crippen molar-refractivity contribution in [1.82, 2.24) is 9.88 Å². The zero-order chi connectivity index (χ0) is 21.0. The first-order chi connectivity index (χ1) is 13.8. The Morgan fingerprint density at radius 3 is 2.69 bits per heavy atom. The van der Waals surface area contributed by atoms with Crippen molar-refractivity contribution < 1.29 is 32.5 Å². The van der Waals surface area contributed by atoms with Crippen LogP contribution in [-0.2, 0) is 20.8 Å². The van der Waals surface area contributed by atoms with Gasteiger partial charge in [0, 0.05) is 31.6 Å². The molecule has 1 N–H and O–H groups in total. The number of halogens is 3. The standard InChI is InChI=1S/C18H22N2O2.C2HF3O2/c1-21-17-9-8-16-18(17)22-11-10-20(16)12-14-7-6-13-4-2-3-5-15(13)19-14;3-2(4,5)1(6)7/h2-7,16-18H,8-12H2,1H3;(H,6,7)/t16-,17-,18+;/m0./s1. The summed E-state index contributed by atoms with van der Waals surface area (Å²) >= 11 is 0. The molecule has 0 bridgehead atoms. The normalized spacial score (nSPS) is 24.6. The molecule has 9 heteroatoms. The van der Waals surface area contributed by atoms with E-state index in [0.717, 1.165) is 43.7 Å². The number of ether oxygens (including phenoxy) is 2. The van der Waals surface area contributed by atoms with Crippen molar-refractivity contribution in [3.8, 4) is 0 Å². The lowest BCUT2D eigenvalue weighted by Crippen LogP contribution is -2.51. The smallest absolute Gasteiger partial charge is 0.475 e. The summed E-state index contributed by atoms with van der Waals surface area (Å²) in [6, 6.07) is 13.1. The number of methoxy groups -OCH3 is 1. The average Bonchev–Trinajstić information content (AvgIpc) is 3.12. The first-order valence-electron chi connectivity index (χ1n) is 9.33. The lowest BCUT2D eigenvalue weighted by atomic mass is 10.1. The fourth-order valence-corrected chi connectivity index (χ4v) is 3.84. The summed E-state index contributed by atoms with van der Waals surface area (Å²) in [6.45, 7) is 2.66. The molecular weight excluding hydrogens is 389 g/mol. The van der Waals surface area contributed by atoms with Crippen LogP contribution < -0.4 is 0 Å². The molecule has 1 aromatic carbocycles. The lowest BCUT2D eigenvalue weighted by Gasteiger charge is -2.38. The minimum Gasteiger partial charge on any atom is -0.475 e. The molecule has 29 heavy (non-hydrogen) atoms. The Kier molecular flexibility index (Phi) is 6.71. The number of alkyl halides is 3. The Morgan fingerprint density at radius 1 is 1.28 bits per heavy atom. The largest absolute Gasteiger partial charge is 0.490 e. The van der Waals surface area contributed by atoms with Gasteiger partial charge in [-0.25, -0.2) is 4.79 Å². The summed E-state index contributed by atoms with van der Waals surface area (Å²) < 4.78 is 43.3. The maximum atomic E-state index is 10.6. The van der Waals surface area contributed by atoms with Gasteiger partial charge in [0.2, 0.25) is 0 Å². The van der Waals surface area contributed by atoms with Gasteiger partial charge in [0.05, 0.1) is 30.0 Å². The molecule has 1 saturated heterocycles. The topological polar surface area (TPSA) is 71.9 Å². The van der Waals surface area contributed by atoms with E-state index in [4.69, 9.17) is 24.4 Å². The van der Waals surface area contributed by atoms with E-state index in [2.05, 4.69) is 35.2 Å². The Morgan fingerprint density at radius 2 is 2.00 bits per heavy atom. The molecule has 0 spiro atoms. The van der Waals surface area contributed by atoms with E-state index in [0.29, 0.717) is 6.04 Å². The molecule has 0 amide bonds. The predicted octanol–water partition coefficient (Wildman–Crippen LogP) is 3.25. The van der Waals surface area contributed by atoms with Crippen LogP contribution >= 0.6 is 0 Å². The monoisotopic (exact) mass is 412 g/mol. The van der Waals surface area contributed by atoms with Gasteiger partial charge >= 0.3 is 12.1 Å². The van der Waals surface area contributed by atoms with Crippen LogP contribution in [0.5, 0.6) is 0 Å². The number of carboxylic acid groups (broad SMARTS) is 1. The van der Waals surface area contributed by atoms with Gasteiger partial charge in [0.15, 0.2) is 0 Å². The molecule has 0 unspecified atom stereocenters. The summed E-state index contributed by atoms with van der Waals surface area (Å²) in [6.07, 6.45) is -2.37. The van der Waals surface area contributed by atoms with Crippen LogP contribution in [0.3, 0.4) is 0 Å². The van der Waals surface area contributed by atoms with Crippen LogP contribution in [-0.4, -0.2) is 65.6 Å². The number of hydrogen-bond acceptors (Lipinski definition) is 5. The summed E-state index contributed by atoms with van der Waals surface area (Å²) in [5, 5.41) is 8.33. The number of aliphatic carboxylic acids is 1. The highest BCUT2D eigenvalue weighted by atomic mass is 19.4. The van der Waals surface area contributed by atoms with Crippen molar-refractivity contribution in [3.05, 3.63) is 42.1 Å². The number of hydrogen-bond donors (Lipinski definition) is 1. The van der Waals surface area contributed by atoms with Gasteiger partial charge in [-0.1, -0.05) is 24.3 Å². The molecule has 6 nitrogen and oxygen atoms in total. The number of benzene rings is 1. The minimum absolute atomic E-state index is 0.221. The summed E-state index contributed by atoms with van der Waals surface area (Å²) in [5.41, 5.74) is 2.21. The SMILES string of the molecule is CO[C@H]1CC[C@H]2[C@H]1OCCN2Cc1ccc2ccccc2n1.O=C(O)C(F)(F)F. The maximum absolute atomic E-state index is 10.6. The number of para-hydroxylation sites is 1. The van der Waals surface area contributed by atoms with Crippen molar-refractivity contribution in [2.45, 2.75) is 43.8 Å². The number of pyridine rings is 1. The third kappa shape index (κ3) is 5.23. The van der Waals surface area contributed by atoms with Crippen LogP contribution in [0.1, 0.15) is 18.5 Å². The van der Waals surface area contributed by atoms with E-state index in [9.17, 15) is 13.2 Å². The van der Waals surface area contributed by atoms with Gasteiger partial charge in [-0.3, -0.25) is 9.88 Å². The Bertz CT molecular complexity index is 846. The zero-order valence-corrected chi connectivity index (χ0v) is 15.9. The van der Waals surface area contributed by atoms with Crippen LogP contribution in [0, 0.1) is 0 Å². The van der Waals surface area contributed by atoms with Crippen molar-refractivity contribution >= 4 is 16.9 Å². The molecule has 158 valence electrons. The first-order valence-corrected chi connectivity index (χ1v) is 9.33. The molecule has 2 aromatic rings. The molecule has 2 fully saturated rings. The lowest BCUT2D eigenvalue weighted by molar-refractivity contribution is -0.192. The Labute approximate surface area is 166 Å². The third-order valence-corrected chi connectivity index (χ3v) is 5.22. The van der Waals surface area contributed by atoms with Gasteiger partial charge in [0.1, 0.15) is 0 Å². The van der Waals surface area contributed by atoms with E-state index in [1.807, 2.05) is 6.07 Å². The van der Waals surface area contributed by atoms with E-state index in [1.165, 1.54) is 5.39 Å². The van der Waals surface area contributed by atoms with Crippen molar-refractivity contribution in [2.24, 2.45) is 0 Å². The van der Waals surface area contributed by atoms with Gasteiger partial charge in [-0.15, -0.1) is 0 Å². The third-order valence-electron chi connectivity index (χ3n) is 5.22. The van der Waals surface area contributed by atoms with E-state index >= 15 is 0 Å². The van der Waals surface area contributed by atoms with Crippen LogP contribution in [0.25, 0.3) is 10.9 Å². The fraction of sp³-hybridized carbons (Fsp3) is 0.500. The van der Waals surface area contributed by atoms with Crippen molar-refractivity contribution in [1.29, 1.82) is 0 Å². The minimum atomic E-state index is -5.08. The highest BCUT2D eigenvalue weighted by Crippen LogP contribution is 2.32. The van der Waals surface area contributed by atoms with E-state index in [1.54, 1.807) is 7.11 Å². The number of morpholine rings is 1. The average molecular weight is 412 g/mol. The van der Waals surface area contributed by atoms with Gasteiger partial charge in [0.25, 0.3) is 0 Å². The van der Waals surface area contributed by atoms with E-state index in [-0.39, 0.29) is 12.2 Å². The second kappa shape index (κ2) is 9.06. The molecule has 1 aliphatic heterocycles. The van der Waals surface area contributed by atoms with Gasteiger partial charge < -0.3 is 14.6 Å². The quantitative estimate of drug-likeness (QED) is 0.835. The number of aromatic nitrogens is 1. The van der Waals surface area contributed by atoms with Crippen molar-refractivity contribution in [3.63, 3.8) is 0 Å². The maximum Gasteiger partial charge on any atom is 0.490 e. The van der Waals surface area contributed by atoms with Gasteiger partial charge in [-0.2, -0.15) is 13.2 Å². The molecule has 0 radical (unpaired) electrons. The highest BCUT2D eigenvalue weighted by molar-refractivity contribution is 5.78. The van der Waals surface area contributed by atoms with Gasteiger partial charge in [-0.05, 0) is 25.0 Å². The molecule has 1 saturated carbocycles. The second-order valence-electron chi connectivity index (χ2n) is 7.02. The molecule has 1 aliphatic carbocycles. The van der Waals surface area contributed by atoms with Crippen LogP contribution in [0.2, 0.25) is 0 Å². The number of carboxylic acids is 1. The Balaban J connectivity index is 0.000000298. The number of carbonyl (C=O) groups is 1. The predicted molar refractivity (Wildman–Crippen MR) is 99.4 cm³/mol. The summed E-state index contributed by atoms with van der Waals surface area (Å²) in [5.74, 6) is -2.76. The fourth-order valence-electron chi connectivity index (χ4n) is 3.84. The summed E-state index contributed by atoms with van der Waals surface area (Å²) in [4.78, 5) is 16.2. The van der Waals surface area contributed by atoms with E-state index < -0.39 is 12.1 Å². The molecule has 4 rings (SSSR count). The summed E-state index contributed by atoms with van der Waals surface area (Å²) in [7, 11) is 1.79. The zero-order valence-electron chi connectivity index (χ0n) is 15.9. The Hall–Kier alpha value is -2.23. The van der Waals surface area contributed by atoms with Crippen LogP contribution in [0.15, 0.2) is 36.4 Å². The molecular formula is C20H23F3N2O4. The highest BCUT2D eigenvalue weighted by Gasteiger charge is 2.42. The number of rotatable bonds is 3. The van der Waals surface area contributed by atoms with Crippen molar-refractivity contribution in [2.75, 3.05) is 20.3 Å². The number of nitrogens with zero attached hydrogens (tertiary/aromatic N) is 2. The molecule has 2 aliphatic rings. The number of fused-ring (bicyclic) bond motifs is 2.